The van der Waals surface area contributed by atoms with Gasteiger partial charge in [0.2, 0.25) is 11.8 Å². The second kappa shape index (κ2) is 6.83. The zero-order valence-electron chi connectivity index (χ0n) is 13.0. The molecule has 1 aromatic carbocycles. The van der Waals surface area contributed by atoms with Crippen LogP contribution in [-0.4, -0.2) is 41.3 Å². The molecular weight excluding hydrogens is 292 g/mol. The van der Waals surface area contributed by atoms with Gasteiger partial charge in [0.15, 0.2) is 0 Å². The van der Waals surface area contributed by atoms with Gasteiger partial charge in [-0.25, -0.2) is 0 Å². The van der Waals surface area contributed by atoms with E-state index in [4.69, 9.17) is 5.73 Å². The second-order valence-corrected chi connectivity index (χ2v) is 6.11. The third-order valence-electron chi connectivity index (χ3n) is 4.39. The number of hydrogen-bond acceptors (Lipinski definition) is 3. The number of piperidine rings is 1. The highest BCUT2D eigenvalue weighted by atomic mass is 16.2. The van der Waals surface area contributed by atoms with Gasteiger partial charge in [0, 0.05) is 30.2 Å². The molecule has 0 radical (unpaired) electrons. The highest BCUT2D eigenvalue weighted by molar-refractivity contribution is 5.84. The number of nitrogens with two attached hydrogens (primary N) is 1. The van der Waals surface area contributed by atoms with Gasteiger partial charge >= 0.3 is 0 Å². The smallest absolute Gasteiger partial charge is 0.231 e. The number of nitrogens with zero attached hydrogens (tertiary/aromatic N) is 1. The molecule has 0 bridgehead atoms. The van der Waals surface area contributed by atoms with E-state index in [2.05, 4.69) is 10.3 Å². The normalized spacial score (nSPS) is 18.9. The molecule has 6 heteroatoms. The Hall–Kier alpha value is -2.34. The largest absolute Gasteiger partial charge is 0.369 e. The van der Waals surface area contributed by atoms with Crippen molar-refractivity contribution in [1.82, 2.24) is 15.2 Å². The van der Waals surface area contributed by atoms with E-state index in [1.54, 1.807) is 0 Å². The molecule has 2 aromatic rings. The van der Waals surface area contributed by atoms with Crippen molar-refractivity contribution in [1.29, 1.82) is 0 Å². The molecule has 1 atom stereocenters. The maximum atomic E-state index is 12.4. The maximum absolute atomic E-state index is 12.4. The van der Waals surface area contributed by atoms with Crippen LogP contribution in [0, 0.1) is 5.92 Å². The topological polar surface area (TPSA) is 91.2 Å². The van der Waals surface area contributed by atoms with Crippen LogP contribution >= 0.6 is 0 Å². The average Bonchev–Trinajstić information content (AvgIpc) is 3.01. The van der Waals surface area contributed by atoms with Crippen LogP contribution in [0.3, 0.4) is 0 Å². The lowest BCUT2D eigenvalue weighted by molar-refractivity contribution is -0.128. The Kier molecular flexibility index (Phi) is 4.62. The maximum Gasteiger partial charge on any atom is 0.231 e. The number of primary amides is 1. The fourth-order valence-electron chi connectivity index (χ4n) is 3.26. The predicted molar refractivity (Wildman–Crippen MR) is 88.5 cm³/mol. The van der Waals surface area contributed by atoms with E-state index in [0.717, 1.165) is 35.9 Å². The molecule has 2 heterocycles. The van der Waals surface area contributed by atoms with Crippen LogP contribution in [-0.2, 0) is 16.1 Å². The minimum absolute atomic E-state index is 0.0479. The molecule has 2 amide bonds. The lowest BCUT2D eigenvalue weighted by Crippen LogP contribution is -2.45. The first-order valence-corrected chi connectivity index (χ1v) is 7.97. The summed E-state index contributed by atoms with van der Waals surface area (Å²) >= 11 is 0. The van der Waals surface area contributed by atoms with Gasteiger partial charge in [-0.2, -0.15) is 0 Å². The van der Waals surface area contributed by atoms with Crippen LogP contribution in [0.25, 0.3) is 10.9 Å². The zero-order chi connectivity index (χ0) is 16.2. The number of H-pyrrole nitrogens is 1. The Morgan fingerprint density at radius 1 is 1.35 bits per heavy atom. The molecule has 1 aliphatic rings. The molecule has 1 aliphatic heterocycles. The standard InChI is InChI=1S/C17H22N4O2/c18-16(22)11-21-8-2-4-13(10-21)17(23)20-9-12-3-1-5-15-14(12)6-7-19-15/h1,3,5-7,13,19H,2,4,8-11H2,(H2,18,22)(H,20,23)/t13-/m1/s1. The number of carbonyl (C=O) groups excluding carboxylic acids is 2. The summed E-state index contributed by atoms with van der Waals surface area (Å²) in [6, 6.07) is 8.04. The van der Waals surface area contributed by atoms with Crippen molar-refractivity contribution < 1.29 is 9.59 Å². The third kappa shape index (κ3) is 3.71. The fourth-order valence-corrected chi connectivity index (χ4v) is 3.26. The summed E-state index contributed by atoms with van der Waals surface area (Å²) in [7, 11) is 0. The van der Waals surface area contributed by atoms with Crippen molar-refractivity contribution in [2.24, 2.45) is 11.7 Å². The first kappa shape index (κ1) is 15.6. The summed E-state index contributed by atoms with van der Waals surface area (Å²) in [6.07, 6.45) is 3.67. The Morgan fingerprint density at radius 3 is 3.04 bits per heavy atom. The summed E-state index contributed by atoms with van der Waals surface area (Å²) < 4.78 is 0. The Labute approximate surface area is 135 Å². The second-order valence-electron chi connectivity index (χ2n) is 6.11. The zero-order valence-corrected chi connectivity index (χ0v) is 13.0. The van der Waals surface area contributed by atoms with E-state index < -0.39 is 0 Å². The Balaban J connectivity index is 1.58. The molecule has 23 heavy (non-hydrogen) atoms. The SMILES string of the molecule is NC(=O)CN1CCC[C@@H](C(=O)NCc2cccc3[nH]ccc23)C1. The number of nitrogens with one attached hydrogen (secondary N) is 2. The summed E-state index contributed by atoms with van der Waals surface area (Å²) in [6.45, 7) is 2.17. The number of hydrogen-bond donors (Lipinski definition) is 3. The summed E-state index contributed by atoms with van der Waals surface area (Å²) in [5.74, 6) is -0.370. The van der Waals surface area contributed by atoms with Crippen LogP contribution in [0.1, 0.15) is 18.4 Å². The summed E-state index contributed by atoms with van der Waals surface area (Å²) in [5.41, 5.74) is 7.41. The molecule has 1 saturated heterocycles. The molecular formula is C17H22N4O2. The minimum atomic E-state index is -0.342. The van der Waals surface area contributed by atoms with Gasteiger partial charge in [0.25, 0.3) is 0 Å². The molecule has 6 nitrogen and oxygen atoms in total. The van der Waals surface area contributed by atoms with E-state index >= 15 is 0 Å². The number of fused-ring (bicyclic) bond motifs is 1. The quantitative estimate of drug-likeness (QED) is 0.768. The number of rotatable bonds is 5. The van der Waals surface area contributed by atoms with E-state index in [-0.39, 0.29) is 24.3 Å². The van der Waals surface area contributed by atoms with Crippen molar-refractivity contribution in [3.63, 3.8) is 0 Å². The Bertz CT molecular complexity index is 709. The lowest BCUT2D eigenvalue weighted by atomic mass is 9.97. The van der Waals surface area contributed by atoms with Crippen LogP contribution in [0.2, 0.25) is 0 Å². The van der Waals surface area contributed by atoms with E-state index in [9.17, 15) is 9.59 Å². The van der Waals surface area contributed by atoms with Crippen LogP contribution in [0.4, 0.5) is 0 Å². The van der Waals surface area contributed by atoms with Gasteiger partial charge in [-0.05, 0) is 37.1 Å². The lowest BCUT2D eigenvalue weighted by Gasteiger charge is -2.31. The minimum Gasteiger partial charge on any atom is -0.369 e. The first-order chi connectivity index (χ1) is 11.1. The monoisotopic (exact) mass is 314 g/mol. The van der Waals surface area contributed by atoms with Crippen molar-refractivity contribution in [2.75, 3.05) is 19.6 Å². The molecule has 0 aliphatic carbocycles. The van der Waals surface area contributed by atoms with Crippen LogP contribution < -0.4 is 11.1 Å². The fraction of sp³-hybridized carbons (Fsp3) is 0.412. The number of aromatic nitrogens is 1. The summed E-state index contributed by atoms with van der Waals surface area (Å²) in [4.78, 5) is 28.6. The molecule has 0 unspecified atom stereocenters. The first-order valence-electron chi connectivity index (χ1n) is 7.97. The van der Waals surface area contributed by atoms with Gasteiger partial charge in [0.1, 0.15) is 0 Å². The van der Waals surface area contributed by atoms with Gasteiger partial charge in [-0.15, -0.1) is 0 Å². The number of carbonyl (C=O) groups is 2. The highest BCUT2D eigenvalue weighted by Crippen LogP contribution is 2.19. The molecule has 1 fully saturated rings. The number of amides is 2. The van der Waals surface area contributed by atoms with Crippen molar-refractivity contribution in [2.45, 2.75) is 19.4 Å². The van der Waals surface area contributed by atoms with Gasteiger partial charge in [-0.3, -0.25) is 14.5 Å². The molecule has 122 valence electrons. The third-order valence-corrected chi connectivity index (χ3v) is 4.39. The highest BCUT2D eigenvalue weighted by Gasteiger charge is 2.26. The van der Waals surface area contributed by atoms with E-state index in [1.807, 2.05) is 35.4 Å². The van der Waals surface area contributed by atoms with Crippen LogP contribution in [0.5, 0.6) is 0 Å². The van der Waals surface area contributed by atoms with Crippen molar-refractivity contribution in [3.8, 4) is 0 Å². The number of aromatic amines is 1. The van der Waals surface area contributed by atoms with Gasteiger partial charge in [0.05, 0.1) is 12.5 Å². The predicted octanol–water partition coefficient (Wildman–Crippen LogP) is 0.981. The average molecular weight is 314 g/mol. The molecule has 4 N–H and O–H groups in total. The van der Waals surface area contributed by atoms with Gasteiger partial charge < -0.3 is 16.0 Å². The van der Waals surface area contributed by atoms with E-state index in [1.165, 1.54) is 0 Å². The number of benzene rings is 1. The Morgan fingerprint density at radius 2 is 2.22 bits per heavy atom. The van der Waals surface area contributed by atoms with Crippen molar-refractivity contribution in [3.05, 3.63) is 36.0 Å². The van der Waals surface area contributed by atoms with Crippen LogP contribution in [0.15, 0.2) is 30.5 Å². The summed E-state index contributed by atoms with van der Waals surface area (Å²) in [5, 5.41) is 4.16. The molecule has 3 rings (SSSR count). The molecule has 0 saturated carbocycles. The van der Waals surface area contributed by atoms with Gasteiger partial charge in [-0.1, -0.05) is 12.1 Å². The van der Waals surface area contributed by atoms with E-state index in [0.29, 0.717) is 13.1 Å². The number of likely N-dealkylation sites (tertiary alicyclic amines) is 1. The molecule has 0 spiro atoms. The van der Waals surface area contributed by atoms with Crippen molar-refractivity contribution >= 4 is 22.7 Å². The molecule has 1 aromatic heterocycles.